The highest BCUT2D eigenvalue weighted by Gasteiger charge is 2.26. The van der Waals surface area contributed by atoms with Gasteiger partial charge in [-0.3, -0.25) is 0 Å². The molecule has 2 unspecified atom stereocenters. The third-order valence-electron chi connectivity index (χ3n) is 5.16. The number of rotatable bonds is 4. The average Bonchev–Trinajstić information content (AvgIpc) is 2.55. The van der Waals surface area contributed by atoms with Crippen molar-refractivity contribution in [2.75, 3.05) is 13.2 Å². The summed E-state index contributed by atoms with van der Waals surface area (Å²) in [6.45, 7) is 1.78. The van der Waals surface area contributed by atoms with E-state index in [4.69, 9.17) is 10.5 Å². The highest BCUT2D eigenvalue weighted by Crippen LogP contribution is 2.34. The van der Waals surface area contributed by atoms with E-state index in [1.54, 1.807) is 12.1 Å². The summed E-state index contributed by atoms with van der Waals surface area (Å²) in [6, 6.07) is 7.51. The molecule has 0 amide bonds. The van der Waals surface area contributed by atoms with Gasteiger partial charge < -0.3 is 15.8 Å². The van der Waals surface area contributed by atoms with Crippen LogP contribution in [-0.2, 0) is 4.74 Å². The summed E-state index contributed by atoms with van der Waals surface area (Å²) in [6.07, 6.45) is 7.04. The maximum Gasteiger partial charge on any atom is 0.123 e. The van der Waals surface area contributed by atoms with Gasteiger partial charge in [0, 0.05) is 12.1 Å². The van der Waals surface area contributed by atoms with E-state index in [1.807, 2.05) is 12.1 Å². The zero-order chi connectivity index (χ0) is 15.4. The van der Waals surface area contributed by atoms with Gasteiger partial charge in [0.2, 0.25) is 0 Å². The van der Waals surface area contributed by atoms with Crippen molar-refractivity contribution in [2.24, 2.45) is 5.73 Å². The normalized spacial score (nSPS) is 32.8. The van der Waals surface area contributed by atoms with E-state index >= 15 is 0 Å². The van der Waals surface area contributed by atoms with Crippen LogP contribution in [0.15, 0.2) is 24.3 Å². The Morgan fingerprint density at radius 3 is 2.50 bits per heavy atom. The number of hydrogen-bond donors (Lipinski definition) is 2. The van der Waals surface area contributed by atoms with Crippen LogP contribution in [0.3, 0.4) is 0 Å². The van der Waals surface area contributed by atoms with Crippen molar-refractivity contribution in [1.29, 1.82) is 0 Å². The number of nitrogens with one attached hydrogen (secondary N) is 1. The van der Waals surface area contributed by atoms with E-state index < -0.39 is 0 Å². The van der Waals surface area contributed by atoms with Crippen LogP contribution in [0.1, 0.15) is 50.0 Å². The van der Waals surface area contributed by atoms with Crippen molar-refractivity contribution >= 4 is 0 Å². The average molecular weight is 306 g/mol. The lowest BCUT2D eigenvalue weighted by Gasteiger charge is -2.33. The monoisotopic (exact) mass is 306 g/mol. The van der Waals surface area contributed by atoms with Crippen LogP contribution in [-0.4, -0.2) is 31.3 Å². The molecule has 4 heteroatoms. The SMILES string of the molecule is NC1CCCNC1COC1CCC(c2ccc(F)cc2)CC1. The number of hydrogen-bond acceptors (Lipinski definition) is 3. The first kappa shape index (κ1) is 15.9. The highest BCUT2D eigenvalue weighted by molar-refractivity contribution is 5.20. The van der Waals surface area contributed by atoms with Gasteiger partial charge in [0.05, 0.1) is 12.7 Å². The third kappa shape index (κ3) is 4.06. The van der Waals surface area contributed by atoms with E-state index in [0.29, 0.717) is 18.1 Å². The van der Waals surface area contributed by atoms with Gasteiger partial charge in [-0.2, -0.15) is 0 Å². The first-order valence-corrected chi connectivity index (χ1v) is 8.58. The highest BCUT2D eigenvalue weighted by atomic mass is 19.1. The van der Waals surface area contributed by atoms with E-state index in [2.05, 4.69) is 5.32 Å². The smallest absolute Gasteiger partial charge is 0.123 e. The van der Waals surface area contributed by atoms with Crippen LogP contribution in [0.2, 0.25) is 0 Å². The van der Waals surface area contributed by atoms with Crippen molar-refractivity contribution in [3.8, 4) is 0 Å². The lowest BCUT2D eigenvalue weighted by atomic mass is 9.83. The summed E-state index contributed by atoms with van der Waals surface area (Å²) in [5.74, 6) is 0.396. The van der Waals surface area contributed by atoms with E-state index in [9.17, 15) is 4.39 Å². The maximum absolute atomic E-state index is 13.0. The number of benzene rings is 1. The molecule has 0 spiro atoms. The van der Waals surface area contributed by atoms with Gasteiger partial charge in [-0.25, -0.2) is 4.39 Å². The molecule has 2 atom stereocenters. The Balaban J connectivity index is 1.42. The Bertz CT molecular complexity index is 457. The second-order valence-electron chi connectivity index (χ2n) is 6.73. The van der Waals surface area contributed by atoms with Gasteiger partial charge >= 0.3 is 0 Å². The second-order valence-corrected chi connectivity index (χ2v) is 6.73. The molecule has 122 valence electrons. The lowest BCUT2D eigenvalue weighted by molar-refractivity contribution is 0.00619. The molecule has 1 saturated carbocycles. The lowest BCUT2D eigenvalue weighted by Crippen LogP contribution is -2.52. The molecule has 3 rings (SSSR count). The van der Waals surface area contributed by atoms with Gasteiger partial charge in [0.25, 0.3) is 0 Å². The fraction of sp³-hybridized carbons (Fsp3) is 0.667. The van der Waals surface area contributed by atoms with E-state index in [-0.39, 0.29) is 11.9 Å². The van der Waals surface area contributed by atoms with Gasteiger partial charge in [0.1, 0.15) is 5.82 Å². The number of ether oxygens (including phenoxy) is 1. The molecular formula is C18H27FN2O. The van der Waals surface area contributed by atoms with Crippen molar-refractivity contribution in [3.05, 3.63) is 35.6 Å². The Kier molecular flexibility index (Phi) is 5.45. The molecule has 1 aliphatic carbocycles. The largest absolute Gasteiger partial charge is 0.377 e. The van der Waals surface area contributed by atoms with Crippen molar-refractivity contribution in [3.63, 3.8) is 0 Å². The maximum atomic E-state index is 13.0. The van der Waals surface area contributed by atoms with Crippen LogP contribution in [0.25, 0.3) is 0 Å². The molecule has 22 heavy (non-hydrogen) atoms. The summed E-state index contributed by atoms with van der Waals surface area (Å²) >= 11 is 0. The summed E-state index contributed by atoms with van der Waals surface area (Å²) in [7, 11) is 0. The van der Waals surface area contributed by atoms with Gasteiger partial charge in [-0.1, -0.05) is 12.1 Å². The first-order valence-electron chi connectivity index (χ1n) is 8.58. The van der Waals surface area contributed by atoms with Gasteiger partial charge in [-0.15, -0.1) is 0 Å². The molecule has 1 heterocycles. The van der Waals surface area contributed by atoms with E-state index in [1.165, 1.54) is 12.0 Å². The van der Waals surface area contributed by atoms with Crippen molar-refractivity contribution < 1.29 is 9.13 Å². The fourth-order valence-electron chi connectivity index (χ4n) is 3.70. The summed E-state index contributed by atoms with van der Waals surface area (Å²) < 4.78 is 19.1. The molecule has 0 bridgehead atoms. The molecule has 1 saturated heterocycles. The van der Waals surface area contributed by atoms with Gasteiger partial charge in [-0.05, 0) is 68.7 Å². The van der Waals surface area contributed by atoms with Crippen LogP contribution in [0.4, 0.5) is 4.39 Å². The van der Waals surface area contributed by atoms with E-state index in [0.717, 1.165) is 45.3 Å². The van der Waals surface area contributed by atoms with Crippen molar-refractivity contribution in [1.82, 2.24) is 5.32 Å². The predicted octanol–water partition coefficient (Wildman–Crippen LogP) is 2.95. The second kappa shape index (κ2) is 7.53. The molecule has 1 aromatic carbocycles. The zero-order valence-corrected chi connectivity index (χ0v) is 13.1. The van der Waals surface area contributed by atoms with Gasteiger partial charge in [0.15, 0.2) is 0 Å². The molecule has 1 aliphatic heterocycles. The minimum atomic E-state index is -0.155. The molecule has 3 N–H and O–H groups in total. The molecule has 0 aromatic heterocycles. The predicted molar refractivity (Wildman–Crippen MR) is 86.3 cm³/mol. The molecule has 1 aromatic rings. The third-order valence-corrected chi connectivity index (χ3v) is 5.16. The zero-order valence-electron chi connectivity index (χ0n) is 13.1. The molecule has 0 radical (unpaired) electrons. The van der Waals surface area contributed by atoms with Crippen LogP contribution in [0, 0.1) is 5.82 Å². The molecule has 3 nitrogen and oxygen atoms in total. The topological polar surface area (TPSA) is 47.3 Å². The van der Waals surface area contributed by atoms with Crippen LogP contribution >= 0.6 is 0 Å². The molecular weight excluding hydrogens is 279 g/mol. The number of nitrogens with two attached hydrogens (primary N) is 1. The summed E-state index contributed by atoms with van der Waals surface area (Å²) in [4.78, 5) is 0. The Labute approximate surface area is 132 Å². The number of piperidine rings is 1. The standard InChI is InChI=1S/C18H27FN2O/c19-15-7-3-13(4-8-15)14-5-9-16(10-6-14)22-12-18-17(20)2-1-11-21-18/h3-4,7-8,14,16-18,21H,1-2,5-6,9-12,20H2. The number of halogens is 1. The van der Waals surface area contributed by atoms with Crippen LogP contribution in [0.5, 0.6) is 0 Å². The quantitative estimate of drug-likeness (QED) is 0.899. The van der Waals surface area contributed by atoms with Crippen LogP contribution < -0.4 is 11.1 Å². The molecule has 2 aliphatic rings. The Morgan fingerprint density at radius 1 is 1.09 bits per heavy atom. The molecule has 2 fully saturated rings. The minimum Gasteiger partial charge on any atom is -0.377 e. The Hall–Kier alpha value is -0.970. The minimum absolute atomic E-state index is 0.155. The summed E-state index contributed by atoms with van der Waals surface area (Å²) in [5, 5.41) is 3.46. The van der Waals surface area contributed by atoms with Crippen molar-refractivity contribution in [2.45, 2.75) is 62.6 Å². The first-order chi connectivity index (χ1) is 10.7. The summed E-state index contributed by atoms with van der Waals surface area (Å²) in [5.41, 5.74) is 7.39. The Morgan fingerprint density at radius 2 is 1.82 bits per heavy atom. The fourth-order valence-corrected chi connectivity index (χ4v) is 3.70.